The predicted octanol–water partition coefficient (Wildman–Crippen LogP) is 3.35. The minimum absolute atomic E-state index is 0.138. The van der Waals surface area contributed by atoms with Gasteiger partial charge in [-0.15, -0.1) is 0 Å². The zero-order valence-corrected chi connectivity index (χ0v) is 17.8. The third kappa shape index (κ3) is 4.41. The number of carbonyl (C=O) groups is 2. The van der Waals surface area contributed by atoms with E-state index in [-0.39, 0.29) is 17.7 Å². The number of rotatable bonds is 6. The van der Waals surface area contributed by atoms with E-state index >= 15 is 0 Å². The van der Waals surface area contributed by atoms with E-state index in [1.165, 1.54) is 11.1 Å². The SMILES string of the molecule is CCNC(=O)[C@@]1(Cc2ccc(-c3cccc(C)c3)cc2)CN(C(=O)C2CC2)CCO1. The Bertz CT molecular complexity index is 920. The Morgan fingerprint density at radius 3 is 2.57 bits per heavy atom. The smallest absolute Gasteiger partial charge is 0.254 e. The maximum absolute atomic E-state index is 13.0. The van der Waals surface area contributed by atoms with Crippen LogP contribution in [0.15, 0.2) is 48.5 Å². The lowest BCUT2D eigenvalue weighted by molar-refractivity contribution is -0.166. The maximum Gasteiger partial charge on any atom is 0.254 e. The summed E-state index contributed by atoms with van der Waals surface area (Å²) >= 11 is 0. The number of nitrogens with zero attached hydrogens (tertiary/aromatic N) is 1. The van der Waals surface area contributed by atoms with Crippen molar-refractivity contribution in [1.29, 1.82) is 0 Å². The van der Waals surface area contributed by atoms with Crippen LogP contribution < -0.4 is 5.32 Å². The van der Waals surface area contributed by atoms with Crippen LogP contribution >= 0.6 is 0 Å². The van der Waals surface area contributed by atoms with Gasteiger partial charge in [-0.3, -0.25) is 9.59 Å². The molecular formula is C25H30N2O3. The number of hydrogen-bond acceptors (Lipinski definition) is 3. The molecule has 1 atom stereocenters. The molecule has 1 saturated carbocycles. The zero-order valence-electron chi connectivity index (χ0n) is 17.8. The van der Waals surface area contributed by atoms with Crippen LogP contribution in [0.3, 0.4) is 0 Å². The third-order valence-corrected chi connectivity index (χ3v) is 5.97. The number of amides is 2. The molecule has 1 aliphatic heterocycles. The number of aryl methyl sites for hydroxylation is 1. The first kappa shape index (κ1) is 20.6. The molecule has 2 aromatic rings. The Labute approximate surface area is 178 Å². The van der Waals surface area contributed by atoms with Crippen molar-refractivity contribution in [3.8, 4) is 11.1 Å². The van der Waals surface area contributed by atoms with Gasteiger partial charge in [0.2, 0.25) is 5.91 Å². The molecule has 2 aromatic carbocycles. The largest absolute Gasteiger partial charge is 0.361 e. The van der Waals surface area contributed by atoms with Crippen LogP contribution in [0.4, 0.5) is 0 Å². The summed E-state index contributed by atoms with van der Waals surface area (Å²) in [5, 5.41) is 2.92. The van der Waals surface area contributed by atoms with Crippen LogP contribution in [0.2, 0.25) is 0 Å². The fourth-order valence-corrected chi connectivity index (χ4v) is 4.18. The Morgan fingerprint density at radius 1 is 1.13 bits per heavy atom. The van der Waals surface area contributed by atoms with Gasteiger partial charge in [0.25, 0.3) is 5.91 Å². The van der Waals surface area contributed by atoms with Gasteiger partial charge in [-0.25, -0.2) is 0 Å². The second kappa shape index (κ2) is 8.60. The summed E-state index contributed by atoms with van der Waals surface area (Å²) in [4.78, 5) is 27.5. The van der Waals surface area contributed by atoms with Gasteiger partial charge in [0.1, 0.15) is 0 Å². The molecular weight excluding hydrogens is 376 g/mol. The highest BCUT2D eigenvalue weighted by atomic mass is 16.5. The molecule has 2 aliphatic rings. The van der Waals surface area contributed by atoms with E-state index in [9.17, 15) is 9.59 Å². The predicted molar refractivity (Wildman–Crippen MR) is 117 cm³/mol. The second-order valence-corrected chi connectivity index (χ2v) is 8.48. The standard InChI is InChI=1S/C25H30N2O3/c1-3-26-24(29)25(17-27(13-14-30-25)23(28)21-11-12-21)16-19-7-9-20(10-8-19)22-6-4-5-18(2)15-22/h4-10,15,21H,3,11-14,16-17H2,1-2H3,(H,26,29)/t25-/m1/s1. The molecule has 0 radical (unpaired) electrons. The first-order chi connectivity index (χ1) is 14.5. The highest BCUT2D eigenvalue weighted by Gasteiger charge is 2.46. The van der Waals surface area contributed by atoms with Gasteiger partial charge in [-0.2, -0.15) is 0 Å². The summed E-state index contributed by atoms with van der Waals surface area (Å²) in [5.74, 6) is 0.173. The second-order valence-electron chi connectivity index (χ2n) is 8.48. The van der Waals surface area contributed by atoms with E-state index in [1.54, 1.807) is 0 Å². The van der Waals surface area contributed by atoms with Crippen molar-refractivity contribution in [3.05, 3.63) is 59.7 Å². The van der Waals surface area contributed by atoms with Crippen molar-refractivity contribution in [2.45, 2.75) is 38.7 Å². The molecule has 0 unspecified atom stereocenters. The number of hydrogen-bond donors (Lipinski definition) is 1. The van der Waals surface area contributed by atoms with Gasteiger partial charge in [0.05, 0.1) is 13.2 Å². The summed E-state index contributed by atoms with van der Waals surface area (Å²) < 4.78 is 6.09. The Hall–Kier alpha value is -2.66. The Morgan fingerprint density at radius 2 is 1.90 bits per heavy atom. The van der Waals surface area contributed by atoms with Crippen molar-refractivity contribution < 1.29 is 14.3 Å². The summed E-state index contributed by atoms with van der Waals surface area (Å²) in [5.41, 5.74) is 3.53. The summed E-state index contributed by atoms with van der Waals surface area (Å²) in [6.45, 7) is 5.78. The van der Waals surface area contributed by atoms with Crippen LogP contribution in [0.25, 0.3) is 11.1 Å². The fourth-order valence-electron chi connectivity index (χ4n) is 4.18. The van der Waals surface area contributed by atoms with Gasteiger partial charge in [-0.1, -0.05) is 54.1 Å². The van der Waals surface area contributed by atoms with Crippen molar-refractivity contribution in [2.75, 3.05) is 26.2 Å². The first-order valence-corrected chi connectivity index (χ1v) is 10.9. The molecule has 2 fully saturated rings. The quantitative estimate of drug-likeness (QED) is 0.800. The summed E-state index contributed by atoms with van der Waals surface area (Å²) in [6.07, 6.45) is 2.37. The van der Waals surface area contributed by atoms with Crippen LogP contribution in [0, 0.1) is 12.8 Å². The lowest BCUT2D eigenvalue weighted by Crippen LogP contribution is -2.62. The van der Waals surface area contributed by atoms with E-state index in [1.807, 2.05) is 11.8 Å². The van der Waals surface area contributed by atoms with Crippen LogP contribution in [0.5, 0.6) is 0 Å². The molecule has 30 heavy (non-hydrogen) atoms. The number of ether oxygens (including phenoxy) is 1. The average Bonchev–Trinajstić information content (AvgIpc) is 3.59. The van der Waals surface area contributed by atoms with Crippen LogP contribution in [-0.4, -0.2) is 48.6 Å². The molecule has 158 valence electrons. The molecule has 1 saturated heterocycles. The molecule has 0 bridgehead atoms. The van der Waals surface area contributed by atoms with Gasteiger partial charge in [0, 0.05) is 25.4 Å². The zero-order chi connectivity index (χ0) is 21.1. The molecule has 1 aliphatic carbocycles. The first-order valence-electron chi connectivity index (χ1n) is 10.9. The number of likely N-dealkylation sites (N-methyl/N-ethyl adjacent to an activating group) is 1. The number of benzene rings is 2. The monoisotopic (exact) mass is 406 g/mol. The normalized spacial score (nSPS) is 21.3. The minimum Gasteiger partial charge on any atom is -0.361 e. The fraction of sp³-hybridized carbons (Fsp3) is 0.440. The molecule has 2 amide bonds. The topological polar surface area (TPSA) is 58.6 Å². The van der Waals surface area contributed by atoms with Gasteiger partial charge in [-0.05, 0) is 43.4 Å². The molecule has 5 nitrogen and oxygen atoms in total. The molecule has 5 heteroatoms. The lowest BCUT2D eigenvalue weighted by Gasteiger charge is -2.41. The molecule has 4 rings (SSSR count). The van der Waals surface area contributed by atoms with Gasteiger partial charge >= 0.3 is 0 Å². The highest BCUT2D eigenvalue weighted by molar-refractivity contribution is 5.88. The van der Waals surface area contributed by atoms with Crippen LogP contribution in [0.1, 0.15) is 30.9 Å². The Balaban J connectivity index is 1.55. The van der Waals surface area contributed by atoms with Crippen molar-refractivity contribution in [3.63, 3.8) is 0 Å². The minimum atomic E-state index is -1.04. The van der Waals surface area contributed by atoms with Crippen molar-refractivity contribution in [2.24, 2.45) is 5.92 Å². The van der Waals surface area contributed by atoms with Crippen LogP contribution in [-0.2, 0) is 20.7 Å². The lowest BCUT2D eigenvalue weighted by atomic mass is 9.90. The summed E-state index contributed by atoms with van der Waals surface area (Å²) in [7, 11) is 0. The maximum atomic E-state index is 13.0. The highest BCUT2D eigenvalue weighted by Crippen LogP contribution is 2.33. The van der Waals surface area contributed by atoms with E-state index in [0.29, 0.717) is 32.7 Å². The van der Waals surface area contributed by atoms with E-state index in [4.69, 9.17) is 4.74 Å². The molecule has 0 spiro atoms. The molecule has 1 heterocycles. The third-order valence-electron chi connectivity index (χ3n) is 5.97. The van der Waals surface area contributed by atoms with E-state index in [2.05, 4.69) is 60.8 Å². The number of morpholine rings is 1. The van der Waals surface area contributed by atoms with E-state index in [0.717, 1.165) is 24.0 Å². The molecule has 1 N–H and O–H groups in total. The van der Waals surface area contributed by atoms with E-state index < -0.39 is 5.60 Å². The van der Waals surface area contributed by atoms with Crippen molar-refractivity contribution >= 4 is 11.8 Å². The van der Waals surface area contributed by atoms with Gasteiger partial charge in [0.15, 0.2) is 5.60 Å². The summed E-state index contributed by atoms with van der Waals surface area (Å²) in [6, 6.07) is 16.7. The number of carbonyl (C=O) groups excluding carboxylic acids is 2. The average molecular weight is 407 g/mol. The number of nitrogens with one attached hydrogen (secondary N) is 1. The van der Waals surface area contributed by atoms with Crippen molar-refractivity contribution in [1.82, 2.24) is 10.2 Å². The molecule has 0 aromatic heterocycles. The Kier molecular flexibility index (Phi) is 5.91. The van der Waals surface area contributed by atoms with Gasteiger partial charge < -0.3 is 15.0 Å².